The molecular formula is C16H26FN3O. The van der Waals surface area contributed by atoms with Gasteiger partial charge in [-0.15, -0.1) is 0 Å². The predicted molar refractivity (Wildman–Crippen MR) is 85.6 cm³/mol. The van der Waals surface area contributed by atoms with Gasteiger partial charge in [0.15, 0.2) is 0 Å². The molecule has 118 valence electrons. The number of nitrogen functional groups attached to an aromatic ring is 1. The summed E-state index contributed by atoms with van der Waals surface area (Å²) in [6, 6.07) is 4.20. The molecule has 0 spiro atoms. The van der Waals surface area contributed by atoms with Crippen molar-refractivity contribution in [2.75, 3.05) is 17.6 Å². The van der Waals surface area contributed by atoms with E-state index >= 15 is 0 Å². The lowest BCUT2D eigenvalue weighted by molar-refractivity contribution is -0.121. The predicted octanol–water partition coefficient (Wildman–Crippen LogP) is 3.10. The molecule has 0 saturated carbocycles. The first kappa shape index (κ1) is 17.4. The van der Waals surface area contributed by atoms with Gasteiger partial charge in [0, 0.05) is 18.3 Å². The van der Waals surface area contributed by atoms with Gasteiger partial charge in [0.1, 0.15) is 5.82 Å². The Morgan fingerprint density at radius 3 is 2.38 bits per heavy atom. The molecule has 0 bridgehead atoms. The Bertz CT molecular complexity index is 488. The van der Waals surface area contributed by atoms with Crippen LogP contribution in [0.5, 0.6) is 0 Å². The van der Waals surface area contributed by atoms with E-state index in [-0.39, 0.29) is 23.7 Å². The molecule has 1 aromatic rings. The number of halogens is 1. The van der Waals surface area contributed by atoms with Crippen molar-refractivity contribution >= 4 is 17.3 Å². The van der Waals surface area contributed by atoms with E-state index in [0.29, 0.717) is 11.6 Å². The van der Waals surface area contributed by atoms with E-state index in [9.17, 15) is 9.18 Å². The second kappa shape index (κ2) is 7.41. The molecule has 1 unspecified atom stereocenters. The highest BCUT2D eigenvalue weighted by atomic mass is 19.1. The lowest BCUT2D eigenvalue weighted by Gasteiger charge is -2.33. The molecule has 1 amide bonds. The van der Waals surface area contributed by atoms with Crippen LogP contribution in [0.15, 0.2) is 18.2 Å². The molecule has 0 fully saturated rings. The smallest absolute Gasteiger partial charge is 0.241 e. The first-order valence-corrected chi connectivity index (χ1v) is 7.34. The molecule has 0 heterocycles. The molecule has 0 saturated heterocycles. The Kier molecular flexibility index (Phi) is 6.15. The summed E-state index contributed by atoms with van der Waals surface area (Å²) < 4.78 is 13.1. The molecule has 1 atom stereocenters. The van der Waals surface area contributed by atoms with E-state index in [0.717, 1.165) is 6.54 Å². The Labute approximate surface area is 126 Å². The van der Waals surface area contributed by atoms with E-state index in [1.807, 2.05) is 6.92 Å². The van der Waals surface area contributed by atoms with E-state index in [4.69, 9.17) is 5.73 Å². The van der Waals surface area contributed by atoms with Crippen molar-refractivity contribution in [3.8, 4) is 0 Å². The van der Waals surface area contributed by atoms with Crippen molar-refractivity contribution < 1.29 is 9.18 Å². The number of hydrogen-bond acceptors (Lipinski definition) is 3. The standard InChI is InChI=1S/C16H26FN3O/c1-10(2)9-20(11(3)4)12(5)16(21)19-13-6-7-14(17)15(18)8-13/h6-8,10-12H,9,18H2,1-5H3,(H,19,21). The minimum atomic E-state index is -0.482. The van der Waals surface area contributed by atoms with Crippen molar-refractivity contribution in [2.45, 2.75) is 46.7 Å². The van der Waals surface area contributed by atoms with Gasteiger partial charge in [-0.25, -0.2) is 4.39 Å². The largest absolute Gasteiger partial charge is 0.396 e. The monoisotopic (exact) mass is 295 g/mol. The number of hydrogen-bond donors (Lipinski definition) is 2. The number of rotatable bonds is 6. The van der Waals surface area contributed by atoms with Gasteiger partial charge in [0.05, 0.1) is 11.7 Å². The van der Waals surface area contributed by atoms with Crippen molar-refractivity contribution in [1.29, 1.82) is 0 Å². The zero-order valence-electron chi connectivity index (χ0n) is 13.5. The van der Waals surface area contributed by atoms with Crippen molar-refractivity contribution in [3.05, 3.63) is 24.0 Å². The quantitative estimate of drug-likeness (QED) is 0.793. The van der Waals surface area contributed by atoms with E-state index in [1.54, 1.807) is 0 Å². The maximum absolute atomic E-state index is 13.1. The summed E-state index contributed by atoms with van der Waals surface area (Å²) in [5.41, 5.74) is 6.05. The Morgan fingerprint density at radius 2 is 1.90 bits per heavy atom. The van der Waals surface area contributed by atoms with Crippen LogP contribution in [-0.4, -0.2) is 29.4 Å². The van der Waals surface area contributed by atoms with Gasteiger partial charge < -0.3 is 11.1 Å². The zero-order chi connectivity index (χ0) is 16.2. The van der Waals surface area contributed by atoms with Crippen LogP contribution in [0.3, 0.4) is 0 Å². The fraction of sp³-hybridized carbons (Fsp3) is 0.562. The molecule has 0 aliphatic carbocycles. The lowest BCUT2D eigenvalue weighted by Crippen LogP contribution is -2.47. The number of nitrogens with zero attached hydrogens (tertiary/aromatic N) is 1. The maximum Gasteiger partial charge on any atom is 0.241 e. The van der Waals surface area contributed by atoms with Gasteiger partial charge in [0.2, 0.25) is 5.91 Å². The number of amides is 1. The molecule has 1 aromatic carbocycles. The first-order chi connectivity index (χ1) is 9.72. The van der Waals surface area contributed by atoms with Gasteiger partial charge in [0.25, 0.3) is 0 Å². The molecule has 0 aliphatic heterocycles. The third kappa shape index (κ3) is 5.01. The summed E-state index contributed by atoms with van der Waals surface area (Å²) in [5.74, 6) is -0.121. The van der Waals surface area contributed by atoms with Crippen LogP contribution < -0.4 is 11.1 Å². The molecule has 0 radical (unpaired) electrons. The van der Waals surface area contributed by atoms with Gasteiger partial charge in [-0.1, -0.05) is 13.8 Å². The highest BCUT2D eigenvalue weighted by Crippen LogP contribution is 2.17. The maximum atomic E-state index is 13.1. The van der Waals surface area contributed by atoms with Crippen LogP contribution in [-0.2, 0) is 4.79 Å². The number of carbonyl (C=O) groups excluding carboxylic acids is 1. The molecule has 1 rings (SSSR count). The van der Waals surface area contributed by atoms with Crippen LogP contribution in [0.1, 0.15) is 34.6 Å². The molecule has 3 N–H and O–H groups in total. The molecule has 4 nitrogen and oxygen atoms in total. The van der Waals surface area contributed by atoms with Crippen LogP contribution in [0.25, 0.3) is 0 Å². The van der Waals surface area contributed by atoms with Gasteiger partial charge in [-0.2, -0.15) is 0 Å². The molecular weight excluding hydrogens is 269 g/mol. The summed E-state index contributed by atoms with van der Waals surface area (Å²) in [7, 11) is 0. The second-order valence-corrected chi connectivity index (χ2v) is 6.09. The first-order valence-electron chi connectivity index (χ1n) is 7.34. The topological polar surface area (TPSA) is 58.4 Å². The second-order valence-electron chi connectivity index (χ2n) is 6.09. The van der Waals surface area contributed by atoms with E-state index in [2.05, 4.69) is 37.9 Å². The minimum absolute atomic E-state index is 0.0309. The fourth-order valence-corrected chi connectivity index (χ4v) is 2.26. The highest BCUT2D eigenvalue weighted by molar-refractivity contribution is 5.94. The van der Waals surface area contributed by atoms with Gasteiger partial charge >= 0.3 is 0 Å². The zero-order valence-corrected chi connectivity index (χ0v) is 13.5. The Balaban J connectivity index is 2.78. The van der Waals surface area contributed by atoms with Crippen LogP contribution >= 0.6 is 0 Å². The third-order valence-corrected chi connectivity index (χ3v) is 3.38. The SMILES string of the molecule is CC(C)CN(C(C)C)C(C)C(=O)Nc1ccc(F)c(N)c1. The highest BCUT2D eigenvalue weighted by Gasteiger charge is 2.24. The number of anilines is 2. The minimum Gasteiger partial charge on any atom is -0.396 e. The number of carbonyl (C=O) groups is 1. The number of nitrogens with one attached hydrogen (secondary N) is 1. The average Bonchev–Trinajstić information content (AvgIpc) is 2.39. The number of benzene rings is 1. The fourth-order valence-electron chi connectivity index (χ4n) is 2.26. The molecule has 0 aromatic heterocycles. The lowest BCUT2D eigenvalue weighted by atomic mass is 10.1. The summed E-state index contributed by atoms with van der Waals surface area (Å²) in [6.45, 7) is 11.1. The number of nitrogens with two attached hydrogens (primary N) is 1. The molecule has 5 heteroatoms. The third-order valence-electron chi connectivity index (χ3n) is 3.38. The van der Waals surface area contributed by atoms with Crippen LogP contribution in [0.2, 0.25) is 0 Å². The van der Waals surface area contributed by atoms with Crippen molar-refractivity contribution in [2.24, 2.45) is 5.92 Å². The summed E-state index contributed by atoms with van der Waals surface area (Å²) >= 11 is 0. The van der Waals surface area contributed by atoms with Crippen molar-refractivity contribution in [3.63, 3.8) is 0 Å². The van der Waals surface area contributed by atoms with E-state index in [1.165, 1.54) is 18.2 Å². The van der Waals surface area contributed by atoms with E-state index < -0.39 is 5.82 Å². The normalized spacial score (nSPS) is 13.0. The summed E-state index contributed by atoms with van der Waals surface area (Å²) in [4.78, 5) is 14.5. The van der Waals surface area contributed by atoms with Crippen LogP contribution in [0, 0.1) is 11.7 Å². The molecule has 21 heavy (non-hydrogen) atoms. The van der Waals surface area contributed by atoms with Gasteiger partial charge in [-0.3, -0.25) is 9.69 Å². The summed E-state index contributed by atoms with van der Waals surface area (Å²) in [6.07, 6.45) is 0. The summed E-state index contributed by atoms with van der Waals surface area (Å²) in [5, 5.41) is 2.79. The molecule has 0 aliphatic rings. The Morgan fingerprint density at radius 1 is 1.29 bits per heavy atom. The van der Waals surface area contributed by atoms with Crippen LogP contribution in [0.4, 0.5) is 15.8 Å². The van der Waals surface area contributed by atoms with Crippen molar-refractivity contribution in [1.82, 2.24) is 4.90 Å². The Hall–Kier alpha value is -1.62. The average molecular weight is 295 g/mol. The van der Waals surface area contributed by atoms with Gasteiger partial charge in [-0.05, 0) is 44.9 Å².